The van der Waals surface area contributed by atoms with Gasteiger partial charge in [0.15, 0.2) is 6.10 Å². The van der Waals surface area contributed by atoms with Gasteiger partial charge < -0.3 is 10.1 Å². The number of fused-ring (bicyclic) bond motifs is 1. The minimum atomic E-state index is -0.865. The lowest BCUT2D eigenvalue weighted by Crippen LogP contribution is -2.29. The molecule has 3 rings (SSSR count). The Kier molecular flexibility index (Phi) is 5.98. The lowest BCUT2D eigenvalue weighted by Gasteiger charge is -2.12. The van der Waals surface area contributed by atoms with Crippen molar-refractivity contribution < 1.29 is 14.3 Å². The van der Waals surface area contributed by atoms with Gasteiger partial charge in [0.2, 0.25) is 0 Å². The van der Waals surface area contributed by atoms with Gasteiger partial charge in [-0.2, -0.15) is 0 Å². The molecule has 6 heteroatoms. The lowest BCUT2D eigenvalue weighted by molar-refractivity contribution is -0.148. The van der Waals surface area contributed by atoms with Crippen molar-refractivity contribution in [2.45, 2.75) is 26.4 Å². The number of hydrogen-bond acceptors (Lipinski definition) is 5. The van der Waals surface area contributed by atoms with E-state index in [9.17, 15) is 9.59 Å². The number of nitrogens with one attached hydrogen (secondary N) is 1. The van der Waals surface area contributed by atoms with E-state index in [1.54, 1.807) is 24.3 Å². The van der Waals surface area contributed by atoms with Gasteiger partial charge in [0, 0.05) is 18.2 Å². The highest BCUT2D eigenvalue weighted by atomic mass is 32.1. The molecule has 0 radical (unpaired) electrons. The fraction of sp³-hybridized carbons (Fsp3) is 0.190. The molecule has 0 saturated carbocycles. The highest BCUT2D eigenvalue weighted by Crippen LogP contribution is 2.24. The largest absolute Gasteiger partial charge is 0.449 e. The van der Waals surface area contributed by atoms with Gasteiger partial charge >= 0.3 is 5.97 Å². The third-order valence-corrected chi connectivity index (χ3v) is 4.92. The summed E-state index contributed by atoms with van der Waals surface area (Å²) >= 11 is 1.69. The van der Waals surface area contributed by atoms with Gasteiger partial charge in [-0.15, -0.1) is 11.3 Å². The zero-order valence-electron chi connectivity index (χ0n) is 15.1. The molecule has 0 aliphatic heterocycles. The molecule has 1 aromatic heterocycles. The normalized spacial score (nSPS) is 12.2. The summed E-state index contributed by atoms with van der Waals surface area (Å²) in [5, 5.41) is 3.80. The van der Waals surface area contributed by atoms with Crippen molar-refractivity contribution >= 4 is 39.1 Å². The molecule has 27 heavy (non-hydrogen) atoms. The van der Waals surface area contributed by atoms with Crippen molar-refractivity contribution in [3.63, 3.8) is 0 Å². The summed E-state index contributed by atoms with van der Waals surface area (Å²) in [4.78, 5) is 28.1. The van der Waals surface area contributed by atoms with Crippen LogP contribution in [0.25, 0.3) is 10.2 Å². The summed E-state index contributed by atoms with van der Waals surface area (Å²) in [6.45, 7) is 3.25. The highest BCUT2D eigenvalue weighted by molar-refractivity contribution is 7.18. The van der Waals surface area contributed by atoms with Crippen LogP contribution in [0, 0.1) is 0 Å². The van der Waals surface area contributed by atoms with Crippen LogP contribution >= 0.6 is 11.3 Å². The van der Waals surface area contributed by atoms with E-state index in [-0.39, 0.29) is 5.91 Å². The van der Waals surface area contributed by atoms with Crippen molar-refractivity contribution in [1.29, 1.82) is 0 Å². The Hall–Kier alpha value is -2.99. The van der Waals surface area contributed by atoms with Gasteiger partial charge in [-0.05, 0) is 43.7 Å². The molecule has 0 aliphatic carbocycles. The van der Waals surface area contributed by atoms with Crippen molar-refractivity contribution in [1.82, 2.24) is 4.98 Å². The number of rotatable bonds is 6. The smallest absolute Gasteiger partial charge is 0.331 e. The zero-order valence-corrected chi connectivity index (χ0v) is 16.0. The van der Waals surface area contributed by atoms with Gasteiger partial charge in [-0.1, -0.05) is 30.3 Å². The number of para-hydroxylation sites is 1. The Morgan fingerprint density at radius 1 is 1.19 bits per heavy atom. The number of hydrogen-bond donors (Lipinski definition) is 1. The molecule has 1 amide bonds. The Morgan fingerprint density at radius 3 is 2.63 bits per heavy atom. The maximum absolute atomic E-state index is 12.1. The third-order valence-electron chi connectivity index (χ3n) is 3.88. The Balaban J connectivity index is 1.59. The van der Waals surface area contributed by atoms with Crippen LogP contribution in [0.4, 0.5) is 5.69 Å². The summed E-state index contributed by atoms with van der Waals surface area (Å²) in [6.07, 6.45) is 2.72. The topological polar surface area (TPSA) is 68.3 Å². The molecule has 0 saturated heterocycles. The van der Waals surface area contributed by atoms with Crippen LogP contribution in [-0.4, -0.2) is 23.0 Å². The first kappa shape index (κ1) is 18.8. The Labute approximate surface area is 161 Å². The highest BCUT2D eigenvalue weighted by Gasteiger charge is 2.16. The summed E-state index contributed by atoms with van der Waals surface area (Å²) < 4.78 is 6.19. The number of ether oxygens (including phenoxy) is 1. The molecule has 1 heterocycles. The molecule has 5 nitrogen and oxygen atoms in total. The quantitative estimate of drug-likeness (QED) is 0.510. The minimum Gasteiger partial charge on any atom is -0.449 e. The standard InChI is InChI=1S/C21H20N2O3S/c1-3-6-20(24)26-14(2)21(25)22-16-11-9-15(10-12-16)13-19-23-17-7-4-5-8-18(17)27-19/h3-12,14H,13H2,1-2H3,(H,22,25)/b6-3+/t14-/m1/s1. The molecule has 0 aliphatic rings. The van der Waals surface area contributed by atoms with Crippen LogP contribution in [0.1, 0.15) is 24.4 Å². The number of carbonyl (C=O) groups is 2. The lowest BCUT2D eigenvalue weighted by atomic mass is 10.1. The van der Waals surface area contributed by atoms with Crippen LogP contribution in [-0.2, 0) is 20.7 Å². The van der Waals surface area contributed by atoms with Gasteiger partial charge in [0.05, 0.1) is 15.2 Å². The van der Waals surface area contributed by atoms with E-state index in [0.717, 1.165) is 22.5 Å². The van der Waals surface area contributed by atoms with Crippen LogP contribution in [0.5, 0.6) is 0 Å². The second-order valence-corrected chi connectivity index (χ2v) is 7.13. The maximum atomic E-state index is 12.1. The number of aromatic nitrogens is 1. The van der Waals surface area contributed by atoms with Crippen LogP contribution in [0.2, 0.25) is 0 Å². The van der Waals surface area contributed by atoms with E-state index in [2.05, 4.69) is 16.4 Å². The number of esters is 1. The van der Waals surface area contributed by atoms with Gasteiger partial charge in [-0.3, -0.25) is 4.79 Å². The van der Waals surface area contributed by atoms with Gasteiger partial charge in [-0.25, -0.2) is 9.78 Å². The Morgan fingerprint density at radius 2 is 1.93 bits per heavy atom. The SMILES string of the molecule is C/C=C/C(=O)O[C@H](C)C(=O)Nc1ccc(Cc2nc3ccccc3s2)cc1. The minimum absolute atomic E-state index is 0.369. The third kappa shape index (κ3) is 5.01. The first-order chi connectivity index (χ1) is 13.0. The first-order valence-corrected chi connectivity index (χ1v) is 9.44. The number of thiazole rings is 1. The van der Waals surface area contributed by atoms with E-state index in [0.29, 0.717) is 5.69 Å². The fourth-order valence-corrected chi connectivity index (χ4v) is 3.52. The average Bonchev–Trinajstić information content (AvgIpc) is 3.05. The van der Waals surface area contributed by atoms with Gasteiger partial charge in [0.1, 0.15) is 0 Å². The van der Waals surface area contributed by atoms with E-state index < -0.39 is 12.1 Å². The second kappa shape index (κ2) is 8.60. The van der Waals surface area contributed by atoms with Crippen LogP contribution in [0.15, 0.2) is 60.7 Å². The average molecular weight is 380 g/mol. The molecular formula is C21H20N2O3S. The number of amides is 1. The summed E-state index contributed by atoms with van der Waals surface area (Å²) in [7, 11) is 0. The molecule has 1 atom stereocenters. The zero-order chi connectivity index (χ0) is 19.2. The second-order valence-electron chi connectivity index (χ2n) is 6.02. The van der Waals surface area contributed by atoms with E-state index in [4.69, 9.17) is 4.74 Å². The predicted octanol–water partition coefficient (Wildman–Crippen LogP) is 4.33. The van der Waals surface area contributed by atoms with Crippen molar-refractivity contribution in [3.8, 4) is 0 Å². The van der Waals surface area contributed by atoms with E-state index >= 15 is 0 Å². The number of nitrogens with zero attached hydrogens (tertiary/aromatic N) is 1. The molecule has 0 fully saturated rings. The monoisotopic (exact) mass is 380 g/mol. The number of carbonyl (C=O) groups excluding carboxylic acids is 2. The van der Waals surface area contributed by atoms with Crippen molar-refractivity contribution in [2.24, 2.45) is 0 Å². The number of allylic oxidation sites excluding steroid dienone is 1. The van der Waals surface area contributed by atoms with Crippen molar-refractivity contribution in [3.05, 3.63) is 71.3 Å². The molecule has 1 N–H and O–H groups in total. The van der Waals surface area contributed by atoms with E-state index in [1.165, 1.54) is 17.7 Å². The number of benzene rings is 2. The molecule has 3 aromatic rings. The summed E-state index contributed by atoms with van der Waals surface area (Å²) in [5.41, 5.74) is 2.78. The molecule has 0 bridgehead atoms. The summed E-state index contributed by atoms with van der Waals surface area (Å²) in [6, 6.07) is 15.7. The number of anilines is 1. The van der Waals surface area contributed by atoms with E-state index in [1.807, 2.05) is 42.5 Å². The van der Waals surface area contributed by atoms with Gasteiger partial charge in [0.25, 0.3) is 5.91 Å². The fourth-order valence-electron chi connectivity index (χ4n) is 2.52. The molecule has 0 unspecified atom stereocenters. The molecule has 0 spiro atoms. The first-order valence-electron chi connectivity index (χ1n) is 8.62. The van der Waals surface area contributed by atoms with Crippen LogP contribution in [0.3, 0.4) is 0 Å². The van der Waals surface area contributed by atoms with Crippen LogP contribution < -0.4 is 5.32 Å². The molecule has 2 aromatic carbocycles. The molecular weight excluding hydrogens is 360 g/mol. The van der Waals surface area contributed by atoms with Crippen molar-refractivity contribution in [2.75, 3.05) is 5.32 Å². The molecule has 138 valence electrons. The Bertz CT molecular complexity index is 944. The predicted molar refractivity (Wildman–Crippen MR) is 108 cm³/mol. The maximum Gasteiger partial charge on any atom is 0.331 e. The summed E-state index contributed by atoms with van der Waals surface area (Å²) in [5.74, 6) is -0.905.